The third-order valence-corrected chi connectivity index (χ3v) is 1.48. The largest absolute Gasteiger partial charge is 0.330 e. The summed E-state index contributed by atoms with van der Waals surface area (Å²) in [7, 11) is 0. The molecule has 4 N–H and O–H groups in total. The van der Waals surface area contributed by atoms with Gasteiger partial charge in [-0.2, -0.15) is 0 Å². The maximum Gasteiger partial charge on any atom is 0.326 e. The van der Waals surface area contributed by atoms with E-state index in [1.807, 2.05) is 0 Å². The normalized spacial score (nSPS) is 19.6. The summed E-state index contributed by atoms with van der Waals surface area (Å²) in [4.78, 5) is 21.5. The molecule has 1 aliphatic rings. The maximum absolute atomic E-state index is 10.9. The van der Waals surface area contributed by atoms with Gasteiger partial charge in [-0.3, -0.25) is 10.1 Å². The quantitative estimate of drug-likeness (QED) is 0.301. The van der Waals surface area contributed by atoms with Gasteiger partial charge in [-0.05, 0) is 19.4 Å². The van der Waals surface area contributed by atoms with E-state index in [-0.39, 0.29) is 5.91 Å². The lowest BCUT2D eigenvalue weighted by Crippen LogP contribution is -2.22. The Hall–Kier alpha value is -1.36. The van der Waals surface area contributed by atoms with Crippen LogP contribution < -0.4 is 16.4 Å². The highest BCUT2D eigenvalue weighted by atomic mass is 16.2. The van der Waals surface area contributed by atoms with Crippen LogP contribution in [0.3, 0.4) is 0 Å². The smallest absolute Gasteiger partial charge is 0.326 e. The Morgan fingerprint density at radius 1 is 1.33 bits per heavy atom. The number of allylic oxidation sites excluding steroid dienone is 1. The molecule has 5 nitrogen and oxygen atoms in total. The summed E-state index contributed by atoms with van der Waals surface area (Å²) in [6.45, 7) is 0.583. The lowest BCUT2D eigenvalue weighted by molar-refractivity contribution is -0.115. The van der Waals surface area contributed by atoms with E-state index in [1.165, 1.54) is 0 Å². The number of hydrogen-bond acceptors (Lipinski definition) is 3. The summed E-state index contributed by atoms with van der Waals surface area (Å²) in [5.41, 5.74) is 5.59. The number of hydrogen-bond donors (Lipinski definition) is 3. The molecule has 0 unspecified atom stereocenters. The number of carbonyl (C=O) groups is 2. The van der Waals surface area contributed by atoms with E-state index in [1.54, 1.807) is 6.08 Å². The molecule has 1 aliphatic heterocycles. The van der Waals surface area contributed by atoms with Crippen LogP contribution in [0, 0.1) is 0 Å². The fourth-order valence-corrected chi connectivity index (χ4v) is 0.889. The van der Waals surface area contributed by atoms with Crippen molar-refractivity contribution in [2.75, 3.05) is 6.54 Å². The first kappa shape index (κ1) is 8.73. The van der Waals surface area contributed by atoms with Gasteiger partial charge in [-0.15, -0.1) is 0 Å². The molecule has 5 heteroatoms. The van der Waals surface area contributed by atoms with Gasteiger partial charge in [-0.1, -0.05) is 6.08 Å². The number of rotatable bonds is 3. The highest BCUT2D eigenvalue weighted by Gasteiger charge is 2.21. The molecule has 1 fully saturated rings. The number of unbranched alkanes of at least 4 members (excludes halogenated alkanes) is 1. The lowest BCUT2D eigenvalue weighted by Gasteiger charge is -1.92. The lowest BCUT2D eigenvalue weighted by atomic mass is 10.2. The van der Waals surface area contributed by atoms with Gasteiger partial charge in [-0.25, -0.2) is 4.79 Å². The van der Waals surface area contributed by atoms with E-state index >= 15 is 0 Å². The number of imide groups is 1. The zero-order valence-electron chi connectivity index (χ0n) is 6.59. The molecule has 1 rings (SSSR count). The van der Waals surface area contributed by atoms with Gasteiger partial charge in [0.1, 0.15) is 5.70 Å². The molecular weight excluding hydrogens is 158 g/mol. The van der Waals surface area contributed by atoms with Crippen molar-refractivity contribution in [1.82, 2.24) is 10.6 Å². The minimum Gasteiger partial charge on any atom is -0.330 e. The van der Waals surface area contributed by atoms with Crippen LogP contribution in [0.5, 0.6) is 0 Å². The van der Waals surface area contributed by atoms with Crippen molar-refractivity contribution in [2.24, 2.45) is 5.73 Å². The first-order valence-corrected chi connectivity index (χ1v) is 3.76. The van der Waals surface area contributed by atoms with Crippen molar-refractivity contribution in [1.29, 1.82) is 0 Å². The molecular formula is C7H11N3O2. The Labute approximate surface area is 70.0 Å². The third-order valence-electron chi connectivity index (χ3n) is 1.48. The Morgan fingerprint density at radius 3 is 2.58 bits per heavy atom. The molecule has 0 aromatic carbocycles. The van der Waals surface area contributed by atoms with Crippen LogP contribution in [0.15, 0.2) is 11.8 Å². The van der Waals surface area contributed by atoms with E-state index in [2.05, 4.69) is 10.6 Å². The van der Waals surface area contributed by atoms with Crippen LogP contribution in [0.4, 0.5) is 4.79 Å². The van der Waals surface area contributed by atoms with Crippen LogP contribution in [0.1, 0.15) is 12.8 Å². The molecule has 3 amide bonds. The summed E-state index contributed by atoms with van der Waals surface area (Å²) in [5, 5.41) is 4.49. The third kappa shape index (κ3) is 2.06. The summed E-state index contributed by atoms with van der Waals surface area (Å²) in [6, 6.07) is -0.459. The summed E-state index contributed by atoms with van der Waals surface area (Å²) in [5.74, 6) is -0.364. The average molecular weight is 169 g/mol. The molecule has 1 heterocycles. The van der Waals surface area contributed by atoms with Gasteiger partial charge in [0.05, 0.1) is 0 Å². The molecule has 0 saturated carbocycles. The zero-order chi connectivity index (χ0) is 8.97. The van der Waals surface area contributed by atoms with E-state index in [0.717, 1.165) is 6.42 Å². The second kappa shape index (κ2) is 3.87. The SMILES string of the molecule is NCCC/C=C1/NC(=O)NC1=O. The predicted molar refractivity (Wildman–Crippen MR) is 43.0 cm³/mol. The van der Waals surface area contributed by atoms with Crippen molar-refractivity contribution >= 4 is 11.9 Å². The zero-order valence-corrected chi connectivity index (χ0v) is 6.59. The van der Waals surface area contributed by atoms with Crippen LogP contribution in [-0.2, 0) is 4.79 Å². The van der Waals surface area contributed by atoms with Crippen LogP contribution in [0.25, 0.3) is 0 Å². The van der Waals surface area contributed by atoms with E-state index < -0.39 is 6.03 Å². The van der Waals surface area contributed by atoms with Crippen molar-refractivity contribution in [3.8, 4) is 0 Å². The van der Waals surface area contributed by atoms with Crippen LogP contribution >= 0.6 is 0 Å². The Bertz CT molecular complexity index is 235. The van der Waals surface area contributed by atoms with Crippen LogP contribution in [0.2, 0.25) is 0 Å². The van der Waals surface area contributed by atoms with Gasteiger partial charge in [0.25, 0.3) is 5.91 Å². The van der Waals surface area contributed by atoms with E-state index in [4.69, 9.17) is 5.73 Å². The highest BCUT2D eigenvalue weighted by molar-refractivity contribution is 6.11. The van der Waals surface area contributed by atoms with Crippen molar-refractivity contribution < 1.29 is 9.59 Å². The number of nitrogens with one attached hydrogen (secondary N) is 2. The number of urea groups is 1. The molecule has 66 valence electrons. The van der Waals surface area contributed by atoms with Gasteiger partial charge < -0.3 is 11.1 Å². The fourth-order valence-electron chi connectivity index (χ4n) is 0.889. The standard InChI is InChI=1S/C7H11N3O2/c8-4-2-1-3-5-6(11)10-7(12)9-5/h3H,1-2,4,8H2,(H2,9,10,11,12)/b5-3+. The topological polar surface area (TPSA) is 84.2 Å². The molecule has 0 spiro atoms. The van der Waals surface area contributed by atoms with Crippen molar-refractivity contribution in [3.05, 3.63) is 11.8 Å². The second-order valence-electron chi connectivity index (χ2n) is 2.46. The molecule has 0 atom stereocenters. The van der Waals surface area contributed by atoms with Crippen LogP contribution in [-0.4, -0.2) is 18.5 Å². The van der Waals surface area contributed by atoms with Gasteiger partial charge >= 0.3 is 6.03 Å². The summed E-state index contributed by atoms with van der Waals surface area (Å²) < 4.78 is 0. The Kier molecular flexibility index (Phi) is 2.82. The van der Waals surface area contributed by atoms with Gasteiger partial charge in [0, 0.05) is 0 Å². The molecule has 0 aliphatic carbocycles. The minimum atomic E-state index is -0.459. The molecule has 1 saturated heterocycles. The van der Waals surface area contributed by atoms with E-state index in [9.17, 15) is 9.59 Å². The maximum atomic E-state index is 10.9. The summed E-state index contributed by atoms with van der Waals surface area (Å²) in [6.07, 6.45) is 3.19. The number of carbonyl (C=O) groups excluding carboxylic acids is 2. The fraction of sp³-hybridized carbons (Fsp3) is 0.429. The Balaban J connectivity index is 2.46. The average Bonchev–Trinajstić information content (AvgIpc) is 2.31. The summed E-state index contributed by atoms with van der Waals surface area (Å²) >= 11 is 0. The molecule has 12 heavy (non-hydrogen) atoms. The predicted octanol–water partition coefficient (Wildman–Crippen LogP) is -0.551. The number of nitrogens with two attached hydrogens (primary N) is 1. The Morgan fingerprint density at radius 2 is 2.08 bits per heavy atom. The number of amides is 3. The van der Waals surface area contributed by atoms with Crippen molar-refractivity contribution in [3.63, 3.8) is 0 Å². The molecule has 0 aromatic rings. The molecule has 0 radical (unpaired) electrons. The minimum absolute atomic E-state index is 0.327. The van der Waals surface area contributed by atoms with Gasteiger partial charge in [0.2, 0.25) is 0 Å². The van der Waals surface area contributed by atoms with E-state index in [0.29, 0.717) is 18.7 Å². The molecule has 0 bridgehead atoms. The first-order chi connectivity index (χ1) is 5.74. The second-order valence-corrected chi connectivity index (χ2v) is 2.46. The highest BCUT2D eigenvalue weighted by Crippen LogP contribution is 2.00. The van der Waals surface area contributed by atoms with Crippen molar-refractivity contribution in [2.45, 2.75) is 12.8 Å². The van der Waals surface area contributed by atoms with Gasteiger partial charge in [0.15, 0.2) is 0 Å². The molecule has 0 aromatic heterocycles. The first-order valence-electron chi connectivity index (χ1n) is 3.76. The monoisotopic (exact) mass is 169 g/mol.